The van der Waals surface area contributed by atoms with Crippen LogP contribution in [0.25, 0.3) is 0 Å². The van der Waals surface area contributed by atoms with Crippen LogP contribution in [0.1, 0.15) is 46.0 Å². The highest BCUT2D eigenvalue weighted by Crippen LogP contribution is 2.32. The highest BCUT2D eigenvalue weighted by molar-refractivity contribution is 5.93. The van der Waals surface area contributed by atoms with Gasteiger partial charge in [-0.05, 0) is 45.9 Å². The Kier molecular flexibility index (Phi) is 8.64. The van der Waals surface area contributed by atoms with E-state index in [4.69, 9.17) is 0 Å². The molecule has 1 aromatic carbocycles. The molecule has 1 heterocycles. The van der Waals surface area contributed by atoms with E-state index in [1.165, 1.54) is 11.8 Å². The maximum atomic E-state index is 13.0. The highest BCUT2D eigenvalue weighted by Gasteiger charge is 2.25. The smallest absolute Gasteiger partial charge is 0.332 e. The third-order valence-electron chi connectivity index (χ3n) is 4.96. The molecular weight excluding hydrogens is 422 g/mol. The summed E-state index contributed by atoms with van der Waals surface area (Å²) in [5, 5.41) is 29.9. The molecule has 0 unspecified atom stereocenters. The molecule has 0 aliphatic rings. The Balaban J connectivity index is 2.60. The van der Waals surface area contributed by atoms with Crippen LogP contribution in [0.2, 0.25) is 0 Å². The molecular formula is C22H27N9O2. The number of imidazole rings is 1. The number of hydrogen-bond donors (Lipinski definition) is 1. The molecule has 0 aliphatic carbocycles. The molecule has 2 rings (SSSR count). The summed E-state index contributed by atoms with van der Waals surface area (Å²) in [4.78, 5) is 32.3. The lowest BCUT2D eigenvalue weighted by Gasteiger charge is -2.22. The lowest BCUT2D eigenvalue weighted by atomic mass is 10.2. The molecule has 1 aromatic heterocycles. The van der Waals surface area contributed by atoms with Crippen molar-refractivity contribution < 1.29 is 9.59 Å². The van der Waals surface area contributed by atoms with Crippen molar-refractivity contribution in [1.29, 1.82) is 10.5 Å². The van der Waals surface area contributed by atoms with Gasteiger partial charge in [0.15, 0.2) is 11.4 Å². The zero-order chi connectivity index (χ0) is 24.5. The van der Waals surface area contributed by atoms with Gasteiger partial charge in [0.05, 0.1) is 5.69 Å². The molecule has 11 heteroatoms. The van der Waals surface area contributed by atoms with E-state index in [-0.39, 0.29) is 23.2 Å². The van der Waals surface area contributed by atoms with Crippen molar-refractivity contribution in [3.05, 3.63) is 29.6 Å². The number of aromatic nitrogens is 2. The number of rotatable bonds is 8. The van der Waals surface area contributed by atoms with Crippen molar-refractivity contribution in [1.82, 2.24) is 14.5 Å². The van der Waals surface area contributed by atoms with Crippen molar-refractivity contribution in [2.75, 3.05) is 36.4 Å². The van der Waals surface area contributed by atoms with Gasteiger partial charge in [0.2, 0.25) is 5.91 Å². The molecule has 0 saturated heterocycles. The fourth-order valence-electron chi connectivity index (χ4n) is 3.26. The Morgan fingerprint density at radius 1 is 1.06 bits per heavy atom. The average Bonchev–Trinajstić information content (AvgIpc) is 3.17. The maximum absolute atomic E-state index is 13.0. The number of carbonyl (C=O) groups excluding carboxylic acids is 2. The van der Waals surface area contributed by atoms with Crippen LogP contribution < -0.4 is 10.2 Å². The van der Waals surface area contributed by atoms with Crippen molar-refractivity contribution in [3.63, 3.8) is 0 Å². The minimum absolute atomic E-state index is 0.193. The van der Waals surface area contributed by atoms with Gasteiger partial charge in [0.25, 0.3) is 5.95 Å². The number of anilines is 2. The Labute approximate surface area is 192 Å². The minimum atomic E-state index is -0.529. The van der Waals surface area contributed by atoms with Crippen LogP contribution in [-0.4, -0.2) is 52.6 Å². The highest BCUT2D eigenvalue weighted by atomic mass is 16.2. The third-order valence-corrected chi connectivity index (χ3v) is 4.96. The Morgan fingerprint density at radius 3 is 2.24 bits per heavy atom. The first kappa shape index (κ1) is 25.0. The zero-order valence-electron chi connectivity index (χ0n) is 19.5. The van der Waals surface area contributed by atoms with Gasteiger partial charge in [0, 0.05) is 38.8 Å². The van der Waals surface area contributed by atoms with Crippen LogP contribution in [0.3, 0.4) is 0 Å². The van der Waals surface area contributed by atoms with Crippen LogP contribution in [0.5, 0.6) is 0 Å². The number of azo groups is 1. The van der Waals surface area contributed by atoms with E-state index in [1.54, 1.807) is 26.0 Å². The van der Waals surface area contributed by atoms with Gasteiger partial charge in [-0.3, -0.25) is 4.79 Å². The summed E-state index contributed by atoms with van der Waals surface area (Å²) in [6, 6.07) is 8.47. The zero-order valence-corrected chi connectivity index (χ0v) is 19.5. The monoisotopic (exact) mass is 449 g/mol. The number of amides is 2. The normalized spacial score (nSPS) is 10.5. The van der Waals surface area contributed by atoms with E-state index in [0.29, 0.717) is 24.5 Å². The van der Waals surface area contributed by atoms with E-state index >= 15 is 0 Å². The summed E-state index contributed by atoms with van der Waals surface area (Å²) < 4.78 is 0.984. The largest absolute Gasteiger partial charge is 0.372 e. The Morgan fingerprint density at radius 2 is 1.73 bits per heavy atom. The number of carbonyl (C=O) groups is 2. The van der Waals surface area contributed by atoms with Crippen molar-refractivity contribution in [3.8, 4) is 12.1 Å². The van der Waals surface area contributed by atoms with Crippen molar-refractivity contribution >= 4 is 34.9 Å². The van der Waals surface area contributed by atoms with Crippen molar-refractivity contribution in [2.24, 2.45) is 10.2 Å². The van der Waals surface area contributed by atoms with E-state index in [2.05, 4.69) is 25.4 Å². The van der Waals surface area contributed by atoms with E-state index < -0.39 is 6.03 Å². The van der Waals surface area contributed by atoms with Gasteiger partial charge in [-0.15, -0.1) is 10.2 Å². The van der Waals surface area contributed by atoms with Crippen molar-refractivity contribution in [2.45, 2.75) is 34.6 Å². The van der Waals surface area contributed by atoms with Gasteiger partial charge in [-0.1, -0.05) is 0 Å². The molecule has 0 spiro atoms. The number of nitrogens with one attached hydrogen (secondary N) is 1. The van der Waals surface area contributed by atoms with Crippen LogP contribution in [-0.2, 0) is 4.79 Å². The fraction of sp³-hybridized carbons (Fsp3) is 0.409. The summed E-state index contributed by atoms with van der Waals surface area (Å²) in [5.41, 5.74) is 1.25. The Hall–Kier alpha value is -4.25. The molecule has 11 nitrogen and oxygen atoms in total. The molecule has 0 fully saturated rings. The molecule has 0 saturated carbocycles. The van der Waals surface area contributed by atoms with Crippen LogP contribution in [0.4, 0.5) is 27.8 Å². The molecule has 0 bridgehead atoms. The molecule has 2 amide bonds. The van der Waals surface area contributed by atoms with Crippen LogP contribution in [0, 0.1) is 22.7 Å². The molecule has 172 valence electrons. The third kappa shape index (κ3) is 5.52. The molecule has 0 radical (unpaired) electrons. The van der Waals surface area contributed by atoms with Gasteiger partial charge in [-0.25, -0.2) is 9.36 Å². The Bertz CT molecular complexity index is 1130. The average molecular weight is 450 g/mol. The number of nitrogens with zero attached hydrogens (tertiary/aromatic N) is 8. The fourth-order valence-corrected chi connectivity index (χ4v) is 3.26. The predicted molar refractivity (Wildman–Crippen MR) is 124 cm³/mol. The quantitative estimate of drug-likeness (QED) is 0.600. The van der Waals surface area contributed by atoms with Gasteiger partial charge < -0.3 is 15.1 Å². The summed E-state index contributed by atoms with van der Waals surface area (Å²) in [5.74, 6) is -0.471. The van der Waals surface area contributed by atoms with E-state index in [9.17, 15) is 20.1 Å². The second-order valence-corrected chi connectivity index (χ2v) is 6.88. The second kappa shape index (κ2) is 11.4. The molecule has 2 aromatic rings. The molecule has 0 aliphatic heterocycles. The first-order valence-electron chi connectivity index (χ1n) is 10.6. The molecule has 33 heavy (non-hydrogen) atoms. The standard InChI is InChI=1S/C22H27N9O2/c1-6-29(7-2)16-10-11-17(18(12-16)25-15(5)32)27-28-21-26-19(13-23)20(14-24)31(21)22(33)30(8-3)9-4/h10-12H,6-9H2,1-5H3,(H,25,32)/b28-27+. The summed E-state index contributed by atoms with van der Waals surface area (Å²) >= 11 is 0. The summed E-state index contributed by atoms with van der Waals surface area (Å²) in [6.45, 7) is 11.4. The van der Waals surface area contributed by atoms with E-state index in [0.717, 1.165) is 23.3 Å². The lowest BCUT2D eigenvalue weighted by Crippen LogP contribution is -2.34. The van der Waals surface area contributed by atoms with Gasteiger partial charge in [-0.2, -0.15) is 15.5 Å². The predicted octanol–water partition coefficient (Wildman–Crippen LogP) is 4.16. The van der Waals surface area contributed by atoms with Crippen LogP contribution >= 0.6 is 0 Å². The second-order valence-electron chi connectivity index (χ2n) is 6.88. The lowest BCUT2D eigenvalue weighted by molar-refractivity contribution is -0.114. The van der Waals surface area contributed by atoms with E-state index in [1.807, 2.05) is 32.1 Å². The minimum Gasteiger partial charge on any atom is -0.372 e. The van der Waals surface area contributed by atoms with Gasteiger partial charge >= 0.3 is 6.03 Å². The number of hydrogen-bond acceptors (Lipinski definition) is 8. The molecule has 1 N–H and O–H groups in total. The number of nitriles is 2. The first-order chi connectivity index (χ1) is 15.8. The summed E-state index contributed by atoms with van der Waals surface area (Å²) in [7, 11) is 0. The topological polar surface area (TPSA) is 143 Å². The summed E-state index contributed by atoms with van der Waals surface area (Å²) in [6.07, 6.45) is 0. The van der Waals surface area contributed by atoms with Crippen LogP contribution in [0.15, 0.2) is 28.4 Å². The first-order valence-corrected chi connectivity index (χ1v) is 10.6. The molecule has 0 atom stereocenters. The maximum Gasteiger partial charge on any atom is 0.332 e. The number of benzene rings is 1. The van der Waals surface area contributed by atoms with Gasteiger partial charge in [0.1, 0.15) is 17.8 Å². The SMILES string of the molecule is CCN(CC)C(=O)n1c(/N=N/c2ccc(N(CC)CC)cc2NC(C)=O)nc(C#N)c1C#N.